The van der Waals surface area contributed by atoms with Crippen LogP contribution in [0.5, 0.6) is 0 Å². The van der Waals surface area contributed by atoms with Gasteiger partial charge in [0.15, 0.2) is 0 Å². The second-order valence-corrected chi connectivity index (χ2v) is 4.44. The van der Waals surface area contributed by atoms with E-state index in [4.69, 9.17) is 0 Å². The number of hydrogen-bond acceptors (Lipinski definition) is 2. The molecular weight excluding hydrogens is 241 g/mol. The van der Waals surface area contributed by atoms with E-state index in [0.29, 0.717) is 5.52 Å². The van der Waals surface area contributed by atoms with Crippen LogP contribution in [0.4, 0.5) is 13.2 Å². The minimum absolute atomic E-state index is 0.185. The lowest BCUT2D eigenvalue weighted by Gasteiger charge is -2.06. The quantitative estimate of drug-likeness (QED) is 0.775. The zero-order chi connectivity index (χ0) is 11.9. The fourth-order valence-corrected chi connectivity index (χ4v) is 1.98. The number of alkyl halides is 3. The summed E-state index contributed by atoms with van der Waals surface area (Å²) < 4.78 is 49.7. The monoisotopic (exact) mass is 248 g/mol. The highest BCUT2D eigenvalue weighted by molar-refractivity contribution is 7.82. The molecule has 0 aliphatic rings. The number of imidazole rings is 1. The third kappa shape index (κ3) is 1.82. The molecule has 16 heavy (non-hydrogen) atoms. The molecule has 0 N–H and O–H groups in total. The molecule has 0 aliphatic heterocycles. The van der Waals surface area contributed by atoms with Gasteiger partial charge in [-0.2, -0.15) is 13.2 Å². The molecule has 0 aliphatic carbocycles. The minimum atomic E-state index is -4.39. The van der Waals surface area contributed by atoms with Gasteiger partial charge in [-0.3, -0.25) is 0 Å². The van der Waals surface area contributed by atoms with Gasteiger partial charge in [0.25, 0.3) is 0 Å². The maximum Gasteiger partial charge on any atom is 0.416 e. The molecule has 1 atom stereocenters. The number of aromatic nitrogens is 2. The summed E-state index contributed by atoms with van der Waals surface area (Å²) in [5, 5.41) is 0. The van der Waals surface area contributed by atoms with Crippen LogP contribution in [0.2, 0.25) is 0 Å². The summed E-state index contributed by atoms with van der Waals surface area (Å²) in [5.74, 6) is 0. The largest absolute Gasteiger partial charge is 0.416 e. The van der Waals surface area contributed by atoms with Crippen LogP contribution < -0.4 is 0 Å². The van der Waals surface area contributed by atoms with Crippen LogP contribution in [-0.2, 0) is 17.2 Å². The minimum Gasteiger partial charge on any atom is -0.248 e. The molecule has 0 saturated heterocycles. The fraction of sp³-hybridized carbons (Fsp3) is 0.222. The molecule has 0 spiro atoms. The summed E-state index contributed by atoms with van der Waals surface area (Å²) in [6.45, 7) is 0. The van der Waals surface area contributed by atoms with E-state index >= 15 is 0 Å². The van der Waals surface area contributed by atoms with E-state index in [9.17, 15) is 17.4 Å². The Balaban J connectivity index is 2.62. The summed E-state index contributed by atoms with van der Waals surface area (Å²) >= 11 is 0. The van der Waals surface area contributed by atoms with Crippen molar-refractivity contribution in [3.05, 3.63) is 30.1 Å². The SMILES string of the molecule is CS(=O)n1cnc2cc(C(F)(F)F)ccc21. The molecule has 7 heteroatoms. The van der Waals surface area contributed by atoms with Crippen molar-refractivity contribution in [1.82, 2.24) is 8.96 Å². The molecule has 2 aromatic rings. The van der Waals surface area contributed by atoms with Crippen LogP contribution in [0.15, 0.2) is 24.5 Å². The third-order valence-electron chi connectivity index (χ3n) is 2.12. The van der Waals surface area contributed by atoms with E-state index in [-0.39, 0.29) is 5.52 Å². The zero-order valence-electron chi connectivity index (χ0n) is 8.15. The van der Waals surface area contributed by atoms with Crippen LogP contribution in [0, 0.1) is 0 Å². The Hall–Kier alpha value is -1.37. The second kappa shape index (κ2) is 3.58. The van der Waals surface area contributed by atoms with Gasteiger partial charge in [0.2, 0.25) is 0 Å². The lowest BCUT2D eigenvalue weighted by molar-refractivity contribution is -0.137. The van der Waals surface area contributed by atoms with E-state index in [1.165, 1.54) is 22.6 Å². The molecule has 0 bridgehead atoms. The van der Waals surface area contributed by atoms with Crippen molar-refractivity contribution >= 4 is 22.0 Å². The maximum atomic E-state index is 12.4. The average Bonchev–Trinajstić information content (AvgIpc) is 2.58. The highest BCUT2D eigenvalue weighted by Crippen LogP contribution is 2.31. The summed E-state index contributed by atoms with van der Waals surface area (Å²) in [4.78, 5) is 3.78. The van der Waals surface area contributed by atoms with E-state index < -0.39 is 22.7 Å². The molecule has 0 radical (unpaired) electrons. The molecule has 0 fully saturated rings. The molecule has 1 aromatic heterocycles. The number of nitrogens with zero attached hydrogens (tertiary/aromatic N) is 2. The second-order valence-electron chi connectivity index (χ2n) is 3.20. The molecule has 86 valence electrons. The normalized spacial score (nSPS) is 14.2. The van der Waals surface area contributed by atoms with Gasteiger partial charge in [0.05, 0.1) is 16.6 Å². The lowest BCUT2D eigenvalue weighted by atomic mass is 10.2. The Morgan fingerprint density at radius 3 is 2.62 bits per heavy atom. The molecule has 1 aromatic carbocycles. The maximum absolute atomic E-state index is 12.4. The van der Waals surface area contributed by atoms with Crippen molar-refractivity contribution in [2.75, 3.05) is 6.26 Å². The van der Waals surface area contributed by atoms with Gasteiger partial charge in [-0.1, -0.05) is 0 Å². The molecule has 1 unspecified atom stereocenters. The predicted molar refractivity (Wildman–Crippen MR) is 54.2 cm³/mol. The Bertz CT molecular complexity index is 561. The lowest BCUT2D eigenvalue weighted by Crippen LogP contribution is -2.05. The van der Waals surface area contributed by atoms with Crippen molar-refractivity contribution in [3.63, 3.8) is 0 Å². The van der Waals surface area contributed by atoms with Gasteiger partial charge in [0.1, 0.15) is 17.3 Å². The van der Waals surface area contributed by atoms with Crippen molar-refractivity contribution in [2.45, 2.75) is 6.18 Å². The highest BCUT2D eigenvalue weighted by Gasteiger charge is 2.30. The Morgan fingerprint density at radius 1 is 1.38 bits per heavy atom. The van der Waals surface area contributed by atoms with Gasteiger partial charge in [0, 0.05) is 6.26 Å². The molecule has 2 rings (SSSR count). The van der Waals surface area contributed by atoms with Gasteiger partial charge in [-0.05, 0) is 18.2 Å². The standard InChI is InChI=1S/C9H7F3N2OS/c1-16(15)14-5-13-7-4-6(9(10,11)12)2-3-8(7)14/h2-5H,1H3. The number of rotatable bonds is 1. The molecule has 3 nitrogen and oxygen atoms in total. The van der Waals surface area contributed by atoms with Crippen LogP contribution >= 0.6 is 0 Å². The van der Waals surface area contributed by atoms with E-state index in [0.717, 1.165) is 12.1 Å². The third-order valence-corrected chi connectivity index (χ3v) is 2.96. The van der Waals surface area contributed by atoms with Crippen molar-refractivity contribution < 1.29 is 17.4 Å². The van der Waals surface area contributed by atoms with Gasteiger partial charge in [-0.15, -0.1) is 0 Å². The van der Waals surface area contributed by atoms with Crippen LogP contribution in [0.25, 0.3) is 11.0 Å². The topological polar surface area (TPSA) is 34.9 Å². The van der Waals surface area contributed by atoms with Gasteiger partial charge in [-0.25, -0.2) is 13.2 Å². The zero-order valence-corrected chi connectivity index (χ0v) is 8.97. The number of hydrogen-bond donors (Lipinski definition) is 0. The molecule has 0 saturated carbocycles. The smallest absolute Gasteiger partial charge is 0.248 e. The van der Waals surface area contributed by atoms with E-state index in [2.05, 4.69) is 4.98 Å². The van der Waals surface area contributed by atoms with Crippen molar-refractivity contribution in [1.29, 1.82) is 0 Å². The number of halogens is 3. The van der Waals surface area contributed by atoms with E-state index in [1.54, 1.807) is 0 Å². The summed E-state index contributed by atoms with van der Waals surface area (Å²) in [7, 11) is -1.33. The van der Waals surface area contributed by atoms with Crippen LogP contribution in [0.3, 0.4) is 0 Å². The Labute approximate surface area is 91.5 Å². The van der Waals surface area contributed by atoms with Crippen LogP contribution in [0.1, 0.15) is 5.56 Å². The first-order valence-corrected chi connectivity index (χ1v) is 5.79. The first-order chi connectivity index (χ1) is 7.39. The summed E-state index contributed by atoms with van der Waals surface area (Å²) in [6, 6.07) is 3.17. The van der Waals surface area contributed by atoms with Crippen LogP contribution in [-0.4, -0.2) is 19.4 Å². The number of benzene rings is 1. The molecule has 1 heterocycles. The molecule has 0 amide bonds. The first kappa shape index (κ1) is 11.1. The predicted octanol–water partition coefficient (Wildman–Crippen LogP) is 2.20. The van der Waals surface area contributed by atoms with Crippen molar-refractivity contribution in [3.8, 4) is 0 Å². The number of fused-ring (bicyclic) bond motifs is 1. The fourth-order valence-electron chi connectivity index (χ4n) is 1.37. The summed E-state index contributed by atoms with van der Waals surface area (Å²) in [5.41, 5.74) is -0.147. The highest BCUT2D eigenvalue weighted by atomic mass is 32.2. The summed E-state index contributed by atoms with van der Waals surface area (Å²) in [6.07, 6.45) is -1.69. The molecular formula is C9H7F3N2OS. The van der Waals surface area contributed by atoms with Gasteiger partial charge >= 0.3 is 6.18 Å². The average molecular weight is 248 g/mol. The van der Waals surface area contributed by atoms with Gasteiger partial charge < -0.3 is 0 Å². The Morgan fingerprint density at radius 2 is 2.06 bits per heavy atom. The Kier molecular flexibility index (Phi) is 2.49. The first-order valence-electron chi connectivity index (χ1n) is 4.28. The van der Waals surface area contributed by atoms with Crippen molar-refractivity contribution in [2.24, 2.45) is 0 Å². The van der Waals surface area contributed by atoms with E-state index in [1.807, 2.05) is 0 Å².